The highest BCUT2D eigenvalue weighted by molar-refractivity contribution is 5.66. The molecule has 0 radical (unpaired) electrons. The maximum Gasteiger partial charge on any atom is 0.292 e. The van der Waals surface area contributed by atoms with Crippen LogP contribution in [0.4, 0.5) is 11.4 Å². The van der Waals surface area contributed by atoms with Gasteiger partial charge in [-0.2, -0.15) is 0 Å². The molecule has 1 aromatic rings. The Balaban J connectivity index is 2.26. The zero-order valence-electron chi connectivity index (χ0n) is 12.4. The quantitative estimate of drug-likeness (QED) is 0.663. The second-order valence-corrected chi connectivity index (χ2v) is 5.72. The number of para-hydroxylation sites is 1. The molecule has 1 aliphatic heterocycles. The molecule has 1 aliphatic rings. The topological polar surface area (TPSA) is 58.4 Å². The summed E-state index contributed by atoms with van der Waals surface area (Å²) in [4.78, 5) is 13.3. The molecule has 0 saturated carbocycles. The van der Waals surface area contributed by atoms with Crippen LogP contribution in [0.5, 0.6) is 0 Å². The zero-order valence-corrected chi connectivity index (χ0v) is 12.4. The largest absolute Gasteiger partial charge is 0.380 e. The van der Waals surface area contributed by atoms with E-state index < -0.39 is 0 Å². The Morgan fingerprint density at radius 3 is 2.75 bits per heavy atom. The molecule has 5 nitrogen and oxygen atoms in total. The molecule has 0 bridgehead atoms. The number of nitro benzene ring substituents is 1. The number of nitro groups is 1. The molecule has 0 aromatic heterocycles. The van der Waals surface area contributed by atoms with Crippen molar-refractivity contribution in [3.8, 4) is 0 Å². The highest BCUT2D eigenvalue weighted by Gasteiger charge is 2.27. The fraction of sp³-hybridized carbons (Fsp3) is 0.600. The number of hydrogen-bond acceptors (Lipinski definition) is 4. The van der Waals surface area contributed by atoms with Gasteiger partial charge in [0.25, 0.3) is 5.69 Å². The fourth-order valence-electron chi connectivity index (χ4n) is 3.08. The maximum absolute atomic E-state index is 11.2. The Bertz CT molecular complexity index is 490. The number of benzene rings is 1. The number of nitrogens with one attached hydrogen (secondary N) is 1. The molecule has 1 fully saturated rings. The van der Waals surface area contributed by atoms with Gasteiger partial charge < -0.3 is 5.32 Å². The van der Waals surface area contributed by atoms with Crippen molar-refractivity contribution in [3.05, 3.63) is 33.9 Å². The molecule has 1 heterocycles. The van der Waals surface area contributed by atoms with Crippen LogP contribution in [0.2, 0.25) is 0 Å². The van der Waals surface area contributed by atoms with E-state index >= 15 is 0 Å². The summed E-state index contributed by atoms with van der Waals surface area (Å²) in [6, 6.07) is 5.87. The Labute approximate surface area is 120 Å². The standard InChI is InChI=1S/C15H23N3O2/c1-4-16-15-13(6-5-7-14(15)18(19)20)10-17-9-11(2)8-12(17)3/h5-7,11-12,16H,4,8-10H2,1-3H3. The molecule has 1 saturated heterocycles. The summed E-state index contributed by atoms with van der Waals surface area (Å²) in [5.41, 5.74) is 1.86. The lowest BCUT2D eigenvalue weighted by molar-refractivity contribution is -0.384. The van der Waals surface area contributed by atoms with Gasteiger partial charge in [0.1, 0.15) is 5.69 Å². The predicted octanol–water partition coefficient (Wildman–Crippen LogP) is 3.26. The SMILES string of the molecule is CCNc1c(CN2CC(C)CC2C)cccc1[N+](=O)[O-]. The van der Waals surface area contributed by atoms with Crippen molar-refractivity contribution in [1.29, 1.82) is 0 Å². The average molecular weight is 277 g/mol. The summed E-state index contributed by atoms with van der Waals surface area (Å²) in [6.07, 6.45) is 1.20. The number of hydrogen-bond donors (Lipinski definition) is 1. The first kappa shape index (κ1) is 14.8. The molecule has 2 atom stereocenters. The predicted molar refractivity (Wildman–Crippen MR) is 80.9 cm³/mol. The van der Waals surface area contributed by atoms with Crippen LogP contribution in [-0.4, -0.2) is 29.0 Å². The van der Waals surface area contributed by atoms with Gasteiger partial charge in [0.15, 0.2) is 0 Å². The van der Waals surface area contributed by atoms with Crippen LogP contribution in [0.25, 0.3) is 0 Å². The van der Waals surface area contributed by atoms with Crippen LogP contribution >= 0.6 is 0 Å². The molecular formula is C15H23N3O2. The van der Waals surface area contributed by atoms with Crippen molar-refractivity contribution in [2.45, 2.75) is 39.8 Å². The third-order valence-electron chi connectivity index (χ3n) is 3.97. The van der Waals surface area contributed by atoms with E-state index in [-0.39, 0.29) is 10.6 Å². The van der Waals surface area contributed by atoms with E-state index in [1.807, 2.05) is 13.0 Å². The van der Waals surface area contributed by atoms with Crippen molar-refractivity contribution in [2.75, 3.05) is 18.4 Å². The third-order valence-corrected chi connectivity index (χ3v) is 3.97. The molecule has 1 aromatic carbocycles. The van der Waals surface area contributed by atoms with Crippen molar-refractivity contribution in [1.82, 2.24) is 4.90 Å². The van der Waals surface area contributed by atoms with Gasteiger partial charge in [-0.05, 0) is 31.7 Å². The van der Waals surface area contributed by atoms with E-state index in [4.69, 9.17) is 0 Å². The molecule has 2 unspecified atom stereocenters. The van der Waals surface area contributed by atoms with Crippen LogP contribution in [0.3, 0.4) is 0 Å². The van der Waals surface area contributed by atoms with E-state index in [2.05, 4.69) is 24.1 Å². The minimum absolute atomic E-state index is 0.171. The first-order valence-corrected chi connectivity index (χ1v) is 7.27. The summed E-state index contributed by atoms with van der Waals surface area (Å²) < 4.78 is 0. The lowest BCUT2D eigenvalue weighted by atomic mass is 10.1. The summed E-state index contributed by atoms with van der Waals surface area (Å²) in [6.45, 7) is 8.97. The van der Waals surface area contributed by atoms with Gasteiger partial charge in [-0.25, -0.2) is 0 Å². The molecule has 2 rings (SSSR count). The van der Waals surface area contributed by atoms with Gasteiger partial charge in [-0.1, -0.05) is 19.1 Å². The summed E-state index contributed by atoms with van der Waals surface area (Å²) >= 11 is 0. The van der Waals surface area contributed by atoms with E-state index in [0.717, 1.165) is 18.7 Å². The van der Waals surface area contributed by atoms with Crippen LogP contribution < -0.4 is 5.32 Å². The number of anilines is 1. The van der Waals surface area contributed by atoms with Gasteiger partial charge in [-0.15, -0.1) is 0 Å². The first-order valence-electron chi connectivity index (χ1n) is 7.27. The summed E-state index contributed by atoms with van der Waals surface area (Å²) in [7, 11) is 0. The molecule has 0 aliphatic carbocycles. The van der Waals surface area contributed by atoms with E-state index in [0.29, 0.717) is 24.2 Å². The van der Waals surface area contributed by atoms with E-state index in [1.54, 1.807) is 12.1 Å². The van der Waals surface area contributed by atoms with Gasteiger partial charge in [0.05, 0.1) is 4.92 Å². The van der Waals surface area contributed by atoms with Gasteiger partial charge in [-0.3, -0.25) is 15.0 Å². The van der Waals surface area contributed by atoms with E-state index in [1.165, 1.54) is 6.42 Å². The third kappa shape index (κ3) is 3.10. The number of nitrogens with zero attached hydrogens (tertiary/aromatic N) is 2. The summed E-state index contributed by atoms with van der Waals surface area (Å²) in [5.74, 6) is 0.700. The Kier molecular flexibility index (Phi) is 4.60. The highest BCUT2D eigenvalue weighted by Crippen LogP contribution is 2.31. The highest BCUT2D eigenvalue weighted by atomic mass is 16.6. The fourth-order valence-corrected chi connectivity index (χ4v) is 3.08. The Hall–Kier alpha value is -1.62. The van der Waals surface area contributed by atoms with Crippen molar-refractivity contribution in [2.24, 2.45) is 5.92 Å². The average Bonchev–Trinajstić information content (AvgIpc) is 2.70. The lowest BCUT2D eigenvalue weighted by Crippen LogP contribution is -2.27. The molecule has 5 heteroatoms. The molecule has 0 spiro atoms. The van der Waals surface area contributed by atoms with E-state index in [9.17, 15) is 10.1 Å². The Morgan fingerprint density at radius 2 is 2.20 bits per heavy atom. The van der Waals surface area contributed by atoms with Crippen LogP contribution in [0.1, 0.15) is 32.8 Å². The van der Waals surface area contributed by atoms with Crippen LogP contribution in [-0.2, 0) is 6.54 Å². The maximum atomic E-state index is 11.2. The van der Waals surface area contributed by atoms with Crippen molar-refractivity contribution in [3.63, 3.8) is 0 Å². The minimum atomic E-state index is -0.308. The zero-order chi connectivity index (χ0) is 14.7. The van der Waals surface area contributed by atoms with Crippen LogP contribution in [0.15, 0.2) is 18.2 Å². The lowest BCUT2D eigenvalue weighted by Gasteiger charge is -2.22. The molecule has 110 valence electrons. The monoisotopic (exact) mass is 277 g/mol. The van der Waals surface area contributed by atoms with Gasteiger partial charge in [0, 0.05) is 31.7 Å². The number of rotatable bonds is 5. The molecule has 0 amide bonds. The minimum Gasteiger partial charge on any atom is -0.380 e. The Morgan fingerprint density at radius 1 is 1.45 bits per heavy atom. The summed E-state index contributed by atoms with van der Waals surface area (Å²) in [5, 5.41) is 14.3. The second kappa shape index (κ2) is 6.22. The van der Waals surface area contributed by atoms with Gasteiger partial charge in [0.2, 0.25) is 0 Å². The van der Waals surface area contributed by atoms with Gasteiger partial charge >= 0.3 is 0 Å². The second-order valence-electron chi connectivity index (χ2n) is 5.72. The van der Waals surface area contributed by atoms with Crippen LogP contribution in [0, 0.1) is 16.0 Å². The van der Waals surface area contributed by atoms with Crippen molar-refractivity contribution < 1.29 is 4.92 Å². The first-order chi connectivity index (χ1) is 9.52. The molecule has 1 N–H and O–H groups in total. The molecule has 20 heavy (non-hydrogen) atoms. The van der Waals surface area contributed by atoms with Crippen molar-refractivity contribution >= 4 is 11.4 Å². The normalized spacial score (nSPS) is 22.9. The molecular weight excluding hydrogens is 254 g/mol. The number of likely N-dealkylation sites (tertiary alicyclic amines) is 1. The smallest absolute Gasteiger partial charge is 0.292 e.